The summed E-state index contributed by atoms with van der Waals surface area (Å²) in [4.78, 5) is 37.1. The van der Waals surface area contributed by atoms with E-state index >= 15 is 0 Å². The van der Waals surface area contributed by atoms with Crippen LogP contribution in [0.2, 0.25) is 0 Å². The van der Waals surface area contributed by atoms with E-state index in [4.69, 9.17) is 4.74 Å². The van der Waals surface area contributed by atoms with E-state index in [2.05, 4.69) is 5.32 Å². The number of nitrogens with zero attached hydrogens (tertiary/aromatic N) is 2. The molecule has 1 N–H and O–H groups in total. The number of nitrogens with one attached hydrogen (secondary N) is 1. The van der Waals surface area contributed by atoms with E-state index in [1.165, 1.54) is 17.0 Å². The Hall–Kier alpha value is -2.90. The number of urea groups is 1. The fourth-order valence-electron chi connectivity index (χ4n) is 3.71. The molecule has 0 spiro atoms. The van der Waals surface area contributed by atoms with Crippen molar-refractivity contribution in [2.45, 2.75) is 57.6 Å². The highest BCUT2D eigenvalue weighted by Gasteiger charge is 2.36. The summed E-state index contributed by atoms with van der Waals surface area (Å²) in [6, 6.07) is 4.79. The minimum absolute atomic E-state index is 0.0497. The molecule has 3 rings (SSSR count). The molecule has 8 nitrogen and oxygen atoms in total. The number of hydrogen-bond acceptors (Lipinski definition) is 5. The second kappa shape index (κ2) is 8.41. The summed E-state index contributed by atoms with van der Waals surface area (Å²) in [5.41, 5.74) is 1.43. The second-order valence-corrected chi connectivity index (χ2v) is 7.31. The Morgan fingerprint density at radius 3 is 2.36 bits per heavy atom. The first-order valence-corrected chi connectivity index (χ1v) is 9.59. The number of non-ortho nitro benzene ring substituents is 1. The predicted octanol–water partition coefficient (Wildman–Crippen LogP) is 3.83. The smallest absolute Gasteiger partial charge is 0.338 e. The number of esters is 1. The van der Waals surface area contributed by atoms with E-state index in [1.807, 2.05) is 0 Å². The minimum Gasteiger partial charge on any atom is -0.459 e. The van der Waals surface area contributed by atoms with E-state index in [0.717, 1.165) is 38.5 Å². The van der Waals surface area contributed by atoms with Gasteiger partial charge in [0.2, 0.25) is 0 Å². The molecule has 1 aliphatic carbocycles. The van der Waals surface area contributed by atoms with Crippen molar-refractivity contribution in [2.24, 2.45) is 0 Å². The molecule has 0 bridgehead atoms. The Kier molecular flexibility index (Phi) is 5.96. The average molecular weight is 387 g/mol. The zero-order valence-corrected chi connectivity index (χ0v) is 16.1. The summed E-state index contributed by atoms with van der Waals surface area (Å²) in [6.07, 6.45) is 5.97. The van der Waals surface area contributed by atoms with Gasteiger partial charge in [0.1, 0.15) is 6.10 Å². The lowest BCUT2D eigenvalue weighted by Gasteiger charge is -2.33. The zero-order valence-electron chi connectivity index (χ0n) is 16.1. The van der Waals surface area contributed by atoms with Crippen molar-refractivity contribution in [1.82, 2.24) is 10.2 Å². The predicted molar refractivity (Wildman–Crippen MR) is 102 cm³/mol. The first-order valence-electron chi connectivity index (χ1n) is 9.59. The van der Waals surface area contributed by atoms with E-state index in [1.54, 1.807) is 26.1 Å². The van der Waals surface area contributed by atoms with Gasteiger partial charge in [-0.25, -0.2) is 9.59 Å². The molecule has 0 radical (unpaired) electrons. The maximum Gasteiger partial charge on any atom is 0.338 e. The summed E-state index contributed by atoms with van der Waals surface area (Å²) in [5, 5.41) is 13.7. The van der Waals surface area contributed by atoms with Crippen molar-refractivity contribution < 1.29 is 19.2 Å². The van der Waals surface area contributed by atoms with Crippen LogP contribution in [0.1, 0.15) is 57.1 Å². The van der Waals surface area contributed by atoms with Crippen molar-refractivity contribution in [3.63, 3.8) is 0 Å². The molecular formula is C20H25N3O5. The number of benzene rings is 1. The van der Waals surface area contributed by atoms with Crippen LogP contribution in [-0.4, -0.2) is 35.0 Å². The molecule has 1 aromatic carbocycles. The van der Waals surface area contributed by atoms with Gasteiger partial charge < -0.3 is 15.0 Å². The topological polar surface area (TPSA) is 102 Å². The molecule has 0 aromatic heterocycles. The molecule has 1 aliphatic heterocycles. The molecule has 28 heavy (non-hydrogen) atoms. The van der Waals surface area contributed by atoms with Gasteiger partial charge in [-0.05, 0) is 50.3 Å². The molecule has 2 aliphatic rings. The van der Waals surface area contributed by atoms with Crippen LogP contribution in [0.5, 0.6) is 0 Å². The van der Waals surface area contributed by atoms with Crippen LogP contribution < -0.4 is 5.32 Å². The molecular weight excluding hydrogens is 362 g/mol. The van der Waals surface area contributed by atoms with E-state index in [9.17, 15) is 19.7 Å². The van der Waals surface area contributed by atoms with Gasteiger partial charge in [0, 0.05) is 24.9 Å². The fourth-order valence-corrected chi connectivity index (χ4v) is 3.71. The molecule has 1 saturated carbocycles. The van der Waals surface area contributed by atoms with Crippen molar-refractivity contribution in [2.75, 3.05) is 7.05 Å². The third kappa shape index (κ3) is 4.16. The normalized spacial score (nSPS) is 21.1. The van der Waals surface area contributed by atoms with Gasteiger partial charge in [0.05, 0.1) is 16.5 Å². The molecule has 1 fully saturated rings. The number of allylic oxidation sites excluding steroid dienone is 1. The lowest BCUT2D eigenvalue weighted by Crippen LogP contribution is -2.46. The largest absolute Gasteiger partial charge is 0.459 e. The molecule has 1 heterocycles. The summed E-state index contributed by atoms with van der Waals surface area (Å²) >= 11 is 0. The first-order chi connectivity index (χ1) is 13.4. The van der Waals surface area contributed by atoms with Gasteiger partial charge in [0.15, 0.2) is 0 Å². The molecule has 2 amide bonds. The van der Waals surface area contributed by atoms with E-state index in [0.29, 0.717) is 16.8 Å². The Bertz CT molecular complexity index is 795. The van der Waals surface area contributed by atoms with Gasteiger partial charge in [-0.3, -0.25) is 10.1 Å². The van der Waals surface area contributed by atoms with Crippen LogP contribution >= 0.6 is 0 Å². The average Bonchev–Trinajstić information content (AvgIpc) is 2.94. The molecule has 0 saturated heterocycles. The number of rotatable bonds is 4. The zero-order chi connectivity index (χ0) is 20.3. The highest BCUT2D eigenvalue weighted by molar-refractivity contribution is 5.95. The number of carbonyl (C=O) groups is 2. The first kappa shape index (κ1) is 19.9. The summed E-state index contributed by atoms with van der Waals surface area (Å²) in [5.74, 6) is -0.445. The third-order valence-electron chi connectivity index (χ3n) is 5.49. The maximum absolute atomic E-state index is 13.0. The van der Waals surface area contributed by atoms with Crippen LogP contribution in [0.4, 0.5) is 10.5 Å². The molecule has 0 unspecified atom stereocenters. The van der Waals surface area contributed by atoms with E-state index < -0.39 is 16.9 Å². The monoisotopic (exact) mass is 387 g/mol. The van der Waals surface area contributed by atoms with Crippen molar-refractivity contribution in [3.05, 3.63) is 51.2 Å². The fraction of sp³-hybridized carbons (Fsp3) is 0.500. The maximum atomic E-state index is 13.0. The van der Waals surface area contributed by atoms with Gasteiger partial charge in [-0.15, -0.1) is 0 Å². The van der Waals surface area contributed by atoms with Crippen molar-refractivity contribution >= 4 is 17.7 Å². The lowest BCUT2D eigenvalue weighted by molar-refractivity contribution is -0.384. The summed E-state index contributed by atoms with van der Waals surface area (Å²) in [7, 11) is 1.59. The number of carbonyl (C=O) groups excluding carboxylic acids is 2. The van der Waals surface area contributed by atoms with Crippen molar-refractivity contribution in [1.29, 1.82) is 0 Å². The Labute approximate surface area is 163 Å². The minimum atomic E-state index is -0.706. The van der Waals surface area contributed by atoms with Crippen LogP contribution in [-0.2, 0) is 9.53 Å². The number of nitro groups is 1. The third-order valence-corrected chi connectivity index (χ3v) is 5.49. The Balaban J connectivity index is 1.89. The quantitative estimate of drug-likeness (QED) is 0.366. The second-order valence-electron chi connectivity index (χ2n) is 7.31. The number of amides is 2. The van der Waals surface area contributed by atoms with Crippen LogP contribution in [0.3, 0.4) is 0 Å². The molecule has 150 valence electrons. The number of ether oxygens (including phenoxy) is 1. The van der Waals surface area contributed by atoms with Gasteiger partial charge in [-0.1, -0.05) is 12.8 Å². The van der Waals surface area contributed by atoms with Crippen LogP contribution in [0, 0.1) is 10.1 Å². The summed E-state index contributed by atoms with van der Waals surface area (Å²) in [6.45, 7) is 1.71. The van der Waals surface area contributed by atoms with Crippen LogP contribution in [0.25, 0.3) is 0 Å². The standard InChI is InChI=1S/C20H25N3O5/c1-13-17(19(24)28-16-7-5-3-4-6-8-16)18(21-20(25)22(13)2)14-9-11-15(12-10-14)23(26)27/h9-12,16,18H,3-8H2,1-2H3,(H,21,25)/t18-/m0/s1. The molecule has 1 aromatic rings. The van der Waals surface area contributed by atoms with Gasteiger partial charge in [-0.2, -0.15) is 0 Å². The Morgan fingerprint density at radius 2 is 1.79 bits per heavy atom. The lowest BCUT2D eigenvalue weighted by atomic mass is 9.94. The molecule has 1 atom stereocenters. The SMILES string of the molecule is CC1=C(C(=O)OC2CCCCCC2)[C@H](c2ccc([N+](=O)[O-])cc2)NC(=O)N1C. The van der Waals surface area contributed by atoms with E-state index in [-0.39, 0.29) is 17.8 Å². The van der Waals surface area contributed by atoms with Gasteiger partial charge in [0.25, 0.3) is 5.69 Å². The highest BCUT2D eigenvalue weighted by atomic mass is 16.6. The number of nitro benzene ring substituents is 1. The number of hydrogen-bond donors (Lipinski definition) is 1. The van der Waals surface area contributed by atoms with Crippen molar-refractivity contribution in [3.8, 4) is 0 Å². The van der Waals surface area contributed by atoms with Gasteiger partial charge >= 0.3 is 12.0 Å². The Morgan fingerprint density at radius 1 is 1.18 bits per heavy atom. The molecule has 8 heteroatoms. The highest BCUT2D eigenvalue weighted by Crippen LogP contribution is 2.32. The summed E-state index contributed by atoms with van der Waals surface area (Å²) < 4.78 is 5.80. The van der Waals surface area contributed by atoms with Crippen LogP contribution in [0.15, 0.2) is 35.5 Å².